The number of alkyl halides is 6. The second-order valence-electron chi connectivity index (χ2n) is 4.14. The van der Waals surface area contributed by atoms with Crippen molar-refractivity contribution in [3.63, 3.8) is 0 Å². The van der Waals surface area contributed by atoms with Crippen LogP contribution in [0.1, 0.15) is 13.8 Å². The summed E-state index contributed by atoms with van der Waals surface area (Å²) in [5, 5.41) is 0. The minimum absolute atomic E-state index is 0.167. The summed E-state index contributed by atoms with van der Waals surface area (Å²) in [4.78, 5) is 22.2. The van der Waals surface area contributed by atoms with Crippen LogP contribution in [0.15, 0.2) is 12.2 Å². The third-order valence-electron chi connectivity index (χ3n) is 2.36. The van der Waals surface area contributed by atoms with Crippen LogP contribution < -0.4 is 0 Å². The van der Waals surface area contributed by atoms with Crippen molar-refractivity contribution in [3.05, 3.63) is 12.2 Å². The molecule has 0 radical (unpaired) electrons. The molecule has 0 aliphatic carbocycles. The summed E-state index contributed by atoms with van der Waals surface area (Å²) >= 11 is 0. The van der Waals surface area contributed by atoms with Crippen molar-refractivity contribution in [2.45, 2.75) is 32.2 Å². The average Bonchev–Trinajstić information content (AvgIpc) is 2.34. The lowest BCUT2D eigenvalue weighted by Crippen LogP contribution is -2.57. The molecule has 0 fully saturated rings. The van der Waals surface area contributed by atoms with Gasteiger partial charge in [0.2, 0.25) is 6.04 Å². The van der Waals surface area contributed by atoms with Crippen molar-refractivity contribution in [1.82, 2.24) is 4.90 Å². The third-order valence-corrected chi connectivity index (χ3v) is 2.36. The zero-order valence-corrected chi connectivity index (χ0v) is 12.3. The summed E-state index contributed by atoms with van der Waals surface area (Å²) in [6.07, 6.45) is -13.5. The SMILES string of the molecule is C=C(CN(C(=O)OCC)C(C(F)(F)F)C(F)(F)F)C(=O)OCC. The molecule has 0 heterocycles. The van der Waals surface area contributed by atoms with E-state index in [0.717, 1.165) is 0 Å². The Morgan fingerprint density at radius 1 is 1.00 bits per heavy atom. The van der Waals surface area contributed by atoms with Crippen LogP contribution in [0.3, 0.4) is 0 Å². The predicted molar refractivity (Wildman–Crippen MR) is 65.4 cm³/mol. The molecule has 0 rings (SSSR count). The highest BCUT2D eigenvalue weighted by molar-refractivity contribution is 5.89. The zero-order valence-electron chi connectivity index (χ0n) is 12.3. The van der Waals surface area contributed by atoms with E-state index in [0.29, 0.717) is 0 Å². The highest BCUT2D eigenvalue weighted by atomic mass is 19.4. The molecular weight excluding hydrogens is 336 g/mol. The van der Waals surface area contributed by atoms with E-state index in [2.05, 4.69) is 16.1 Å². The van der Waals surface area contributed by atoms with E-state index in [9.17, 15) is 35.9 Å². The molecule has 0 spiro atoms. The van der Waals surface area contributed by atoms with Crippen LogP contribution in [0.25, 0.3) is 0 Å². The maximum absolute atomic E-state index is 12.8. The number of hydrogen-bond donors (Lipinski definition) is 0. The maximum Gasteiger partial charge on any atom is 0.417 e. The molecule has 0 aromatic heterocycles. The van der Waals surface area contributed by atoms with Crippen molar-refractivity contribution in [2.24, 2.45) is 0 Å². The Bertz CT molecular complexity index is 432. The molecule has 11 heteroatoms. The fourth-order valence-corrected chi connectivity index (χ4v) is 1.51. The van der Waals surface area contributed by atoms with Crippen LogP contribution in [0.5, 0.6) is 0 Å². The highest BCUT2D eigenvalue weighted by Gasteiger charge is 2.61. The largest absolute Gasteiger partial charge is 0.463 e. The lowest BCUT2D eigenvalue weighted by Gasteiger charge is -2.33. The number of halogens is 6. The van der Waals surface area contributed by atoms with Crippen molar-refractivity contribution in [3.8, 4) is 0 Å². The van der Waals surface area contributed by atoms with Crippen LogP contribution in [0, 0.1) is 0 Å². The first-order valence-electron chi connectivity index (χ1n) is 6.27. The van der Waals surface area contributed by atoms with Gasteiger partial charge in [0.15, 0.2) is 0 Å². The number of hydrogen-bond acceptors (Lipinski definition) is 4. The van der Waals surface area contributed by atoms with Gasteiger partial charge in [0.1, 0.15) is 0 Å². The number of nitrogens with zero attached hydrogens (tertiary/aromatic N) is 1. The first-order chi connectivity index (χ1) is 10.4. The number of ether oxygens (including phenoxy) is 2. The molecule has 5 nitrogen and oxygen atoms in total. The molecule has 0 saturated carbocycles. The van der Waals surface area contributed by atoms with Crippen molar-refractivity contribution >= 4 is 12.1 Å². The highest BCUT2D eigenvalue weighted by Crippen LogP contribution is 2.37. The molecule has 23 heavy (non-hydrogen) atoms. The molecule has 1 amide bonds. The molecule has 134 valence electrons. The minimum atomic E-state index is -5.82. The first kappa shape index (κ1) is 21.1. The van der Waals surface area contributed by atoms with Gasteiger partial charge >= 0.3 is 24.4 Å². The predicted octanol–water partition coefficient (Wildman–Crippen LogP) is 3.06. The van der Waals surface area contributed by atoms with Crippen molar-refractivity contribution < 1.29 is 45.4 Å². The van der Waals surface area contributed by atoms with Gasteiger partial charge in [-0.05, 0) is 13.8 Å². The second-order valence-corrected chi connectivity index (χ2v) is 4.14. The van der Waals surface area contributed by atoms with Crippen molar-refractivity contribution in [1.29, 1.82) is 0 Å². The summed E-state index contributed by atoms with van der Waals surface area (Å²) in [6, 6.07) is -4.14. The monoisotopic (exact) mass is 351 g/mol. The Kier molecular flexibility index (Phi) is 7.38. The molecule has 0 atom stereocenters. The quantitative estimate of drug-likeness (QED) is 0.419. The molecule has 0 aliphatic rings. The molecule has 0 saturated heterocycles. The fraction of sp³-hybridized carbons (Fsp3) is 0.667. The van der Waals surface area contributed by atoms with Gasteiger partial charge in [-0.15, -0.1) is 0 Å². The average molecular weight is 351 g/mol. The van der Waals surface area contributed by atoms with Crippen LogP contribution in [-0.4, -0.2) is 55.1 Å². The van der Waals surface area contributed by atoms with Crippen molar-refractivity contribution in [2.75, 3.05) is 19.8 Å². The van der Waals surface area contributed by atoms with Gasteiger partial charge in [-0.3, -0.25) is 4.90 Å². The van der Waals surface area contributed by atoms with Gasteiger partial charge in [0, 0.05) is 5.57 Å². The molecule has 0 aliphatic heterocycles. The van der Waals surface area contributed by atoms with Gasteiger partial charge < -0.3 is 9.47 Å². The molecule has 0 unspecified atom stereocenters. The number of carbonyl (C=O) groups is 2. The molecule has 0 N–H and O–H groups in total. The number of esters is 1. The topological polar surface area (TPSA) is 55.8 Å². The first-order valence-corrected chi connectivity index (χ1v) is 6.27. The van der Waals surface area contributed by atoms with Gasteiger partial charge in [0.25, 0.3) is 0 Å². The molecule has 0 aromatic rings. The summed E-state index contributed by atoms with van der Waals surface area (Å²) in [5.74, 6) is -1.22. The molecule has 0 bridgehead atoms. The van der Waals surface area contributed by atoms with Crippen LogP contribution in [0.2, 0.25) is 0 Å². The lowest BCUT2D eigenvalue weighted by atomic mass is 10.2. The van der Waals surface area contributed by atoms with E-state index in [4.69, 9.17) is 0 Å². The standard InChI is InChI=1S/C12H15F6NO4/c1-4-22-8(20)7(3)6-19(10(21)23-5-2)9(11(13,14)15)12(16,17)18/h9H,3-6H2,1-2H3. The summed E-state index contributed by atoms with van der Waals surface area (Å²) in [7, 11) is 0. The summed E-state index contributed by atoms with van der Waals surface area (Å²) < 4.78 is 85.1. The van der Waals surface area contributed by atoms with Gasteiger partial charge in [-0.25, -0.2) is 9.59 Å². The van der Waals surface area contributed by atoms with Crippen LogP contribution >= 0.6 is 0 Å². The normalized spacial score (nSPS) is 12.0. The number of carbonyl (C=O) groups excluding carboxylic acids is 2. The van der Waals surface area contributed by atoms with E-state index in [-0.39, 0.29) is 6.61 Å². The Balaban J connectivity index is 5.63. The second kappa shape index (κ2) is 8.06. The van der Waals surface area contributed by atoms with Gasteiger partial charge in [-0.1, -0.05) is 6.58 Å². The summed E-state index contributed by atoms with van der Waals surface area (Å²) in [5.41, 5.74) is -0.751. The van der Waals surface area contributed by atoms with Gasteiger partial charge in [-0.2, -0.15) is 26.3 Å². The molecular formula is C12H15F6NO4. The smallest absolute Gasteiger partial charge is 0.417 e. The molecule has 0 aromatic carbocycles. The Hall–Kier alpha value is -1.94. The lowest BCUT2D eigenvalue weighted by molar-refractivity contribution is -0.281. The number of amides is 1. The van der Waals surface area contributed by atoms with Gasteiger partial charge in [0.05, 0.1) is 19.8 Å². The Morgan fingerprint density at radius 2 is 1.43 bits per heavy atom. The maximum atomic E-state index is 12.8. The van der Waals surface area contributed by atoms with Crippen LogP contribution in [-0.2, 0) is 14.3 Å². The fourth-order valence-electron chi connectivity index (χ4n) is 1.51. The Morgan fingerprint density at radius 3 is 1.78 bits per heavy atom. The minimum Gasteiger partial charge on any atom is -0.463 e. The van der Waals surface area contributed by atoms with E-state index >= 15 is 0 Å². The van der Waals surface area contributed by atoms with E-state index in [1.165, 1.54) is 13.8 Å². The summed E-state index contributed by atoms with van der Waals surface area (Å²) in [6.45, 7) is 3.65. The van der Waals surface area contributed by atoms with E-state index in [1.54, 1.807) is 0 Å². The van der Waals surface area contributed by atoms with Crippen LogP contribution in [0.4, 0.5) is 31.1 Å². The number of rotatable bonds is 6. The third kappa shape index (κ3) is 6.37. The Labute approximate surface area is 127 Å². The zero-order chi connectivity index (χ0) is 18.4. The van der Waals surface area contributed by atoms with E-state index in [1.807, 2.05) is 0 Å². The van der Waals surface area contributed by atoms with E-state index < -0.39 is 54.1 Å².